The minimum absolute atomic E-state index is 0.250. The Kier molecular flexibility index (Phi) is 12.4. The first-order valence-electron chi connectivity index (χ1n) is 19.5. The van der Waals surface area contributed by atoms with Crippen molar-refractivity contribution in [1.29, 1.82) is 0 Å². The number of rotatable bonds is 14. The number of anilines is 1. The Balaban J connectivity index is 1.03. The van der Waals surface area contributed by atoms with Crippen LogP contribution < -0.4 is 26.0 Å². The van der Waals surface area contributed by atoms with E-state index < -0.39 is 0 Å². The molecule has 55 heavy (non-hydrogen) atoms. The van der Waals surface area contributed by atoms with E-state index in [0.717, 1.165) is 90.2 Å². The number of nitrogens with zero attached hydrogens (tertiary/aromatic N) is 4. The van der Waals surface area contributed by atoms with Gasteiger partial charge in [0.2, 0.25) is 0 Å². The molecule has 5 aromatic rings. The molecule has 0 atom stereocenters. The number of aromatic nitrogens is 3. The van der Waals surface area contributed by atoms with Gasteiger partial charge in [-0.25, -0.2) is 9.67 Å². The molecule has 0 bridgehead atoms. The predicted molar refractivity (Wildman–Crippen MR) is 215 cm³/mol. The normalized spacial score (nSPS) is 15.2. The number of carbonyl (C=O) groups excluding carboxylic acids is 2. The highest BCUT2D eigenvalue weighted by Gasteiger charge is 2.23. The van der Waals surface area contributed by atoms with Crippen LogP contribution >= 0.6 is 0 Å². The second-order valence-electron chi connectivity index (χ2n) is 14.2. The van der Waals surface area contributed by atoms with Crippen LogP contribution in [0.2, 0.25) is 0 Å². The smallest absolute Gasteiger partial charge is 0.251 e. The molecule has 12 heteroatoms. The third-order valence-corrected chi connectivity index (χ3v) is 10.6. The third-order valence-electron chi connectivity index (χ3n) is 10.6. The van der Waals surface area contributed by atoms with Gasteiger partial charge in [-0.15, -0.1) is 0 Å². The highest BCUT2D eigenvalue weighted by molar-refractivity contribution is 6.00. The van der Waals surface area contributed by atoms with Crippen LogP contribution in [0.5, 0.6) is 5.75 Å². The number of fused-ring (bicyclic) bond motifs is 1. The Labute approximate surface area is 323 Å². The van der Waals surface area contributed by atoms with E-state index in [2.05, 4.69) is 81.5 Å². The number of amides is 2. The summed E-state index contributed by atoms with van der Waals surface area (Å²) in [6, 6.07) is 21.8. The average molecular weight is 745 g/mol. The lowest BCUT2D eigenvalue weighted by molar-refractivity contribution is 0.0904. The van der Waals surface area contributed by atoms with Crippen LogP contribution in [-0.2, 0) is 37.3 Å². The largest absolute Gasteiger partial charge is 0.496 e. The van der Waals surface area contributed by atoms with E-state index in [0.29, 0.717) is 43.1 Å². The summed E-state index contributed by atoms with van der Waals surface area (Å²) in [5.41, 5.74) is 8.76. The van der Waals surface area contributed by atoms with Gasteiger partial charge in [0, 0.05) is 99.6 Å². The summed E-state index contributed by atoms with van der Waals surface area (Å²) in [5, 5.41) is 18.9. The van der Waals surface area contributed by atoms with Crippen molar-refractivity contribution in [1.82, 2.24) is 35.6 Å². The number of ether oxygens (including phenoxy) is 2. The van der Waals surface area contributed by atoms with Gasteiger partial charge in [0.15, 0.2) is 5.65 Å². The van der Waals surface area contributed by atoms with Gasteiger partial charge in [-0.1, -0.05) is 37.3 Å². The summed E-state index contributed by atoms with van der Waals surface area (Å²) in [6.07, 6.45) is 4.36. The van der Waals surface area contributed by atoms with E-state index in [4.69, 9.17) is 14.5 Å². The van der Waals surface area contributed by atoms with Crippen molar-refractivity contribution < 1.29 is 19.1 Å². The number of pyridine rings is 1. The van der Waals surface area contributed by atoms with Crippen LogP contribution in [0.3, 0.4) is 0 Å². The quantitative estimate of drug-likeness (QED) is 0.116. The number of hydrogen-bond donors (Lipinski definition) is 4. The van der Waals surface area contributed by atoms with Gasteiger partial charge in [-0.3, -0.25) is 14.5 Å². The third kappa shape index (κ3) is 8.99. The molecule has 3 aromatic carbocycles. The lowest BCUT2D eigenvalue weighted by Gasteiger charge is -2.27. The molecule has 2 aliphatic heterocycles. The molecule has 0 unspecified atom stereocenters. The number of nitrogens with one attached hydrogen (secondary N) is 4. The molecule has 4 N–H and O–H groups in total. The maximum absolute atomic E-state index is 13.6. The van der Waals surface area contributed by atoms with E-state index in [1.54, 1.807) is 31.4 Å². The average Bonchev–Trinajstić information content (AvgIpc) is 3.66. The van der Waals surface area contributed by atoms with Crippen molar-refractivity contribution in [3.05, 3.63) is 106 Å². The first-order chi connectivity index (χ1) is 26.9. The molecule has 0 radical (unpaired) electrons. The molecule has 0 aliphatic carbocycles. The van der Waals surface area contributed by atoms with Crippen LogP contribution in [-0.4, -0.2) is 84.0 Å². The van der Waals surface area contributed by atoms with Crippen LogP contribution in [0.1, 0.15) is 69.8 Å². The van der Waals surface area contributed by atoms with Gasteiger partial charge >= 0.3 is 0 Å². The second kappa shape index (κ2) is 17.9. The van der Waals surface area contributed by atoms with Gasteiger partial charge in [-0.2, -0.15) is 5.10 Å². The standard InChI is InChI=1S/C43H52N8O4/c1-4-38-36(40(48-35-14-20-55-21-15-35)37-27-47-51(5-2)41(37)49-38)26-46-43(53)33-11-7-10-32(24-33)42(52)45-25-34-23-31(12-13-39(34)54-3)30-9-6-8-29(22-30)28-50-18-16-44-17-19-50/h6-13,22-24,27,35,44H,4-5,14-21,25-26,28H2,1-3H3,(H,45,52)(H,46,53)(H,48,49). The molecule has 7 rings (SSSR count). The lowest BCUT2D eigenvalue weighted by atomic mass is 10.00. The maximum atomic E-state index is 13.6. The molecule has 288 valence electrons. The van der Waals surface area contributed by atoms with Crippen molar-refractivity contribution in [3.63, 3.8) is 0 Å². The molecule has 4 heterocycles. The van der Waals surface area contributed by atoms with Gasteiger partial charge in [-0.05, 0) is 79.3 Å². The Morgan fingerprint density at radius 2 is 1.64 bits per heavy atom. The van der Waals surface area contributed by atoms with Crippen LogP contribution in [0, 0.1) is 0 Å². The van der Waals surface area contributed by atoms with E-state index in [1.165, 1.54) is 5.56 Å². The fourth-order valence-electron chi connectivity index (χ4n) is 7.52. The van der Waals surface area contributed by atoms with E-state index in [1.807, 2.05) is 16.9 Å². The molecular weight excluding hydrogens is 693 g/mol. The molecule has 2 amide bonds. The number of piperazine rings is 1. The molecule has 2 aromatic heterocycles. The Morgan fingerprint density at radius 3 is 2.36 bits per heavy atom. The maximum Gasteiger partial charge on any atom is 0.251 e. The number of aryl methyl sites for hydroxylation is 2. The minimum Gasteiger partial charge on any atom is -0.496 e. The molecule has 0 saturated carbocycles. The van der Waals surface area contributed by atoms with Crippen molar-refractivity contribution >= 4 is 28.5 Å². The van der Waals surface area contributed by atoms with E-state index in [-0.39, 0.29) is 30.9 Å². The number of benzene rings is 3. The molecule has 2 aliphatic rings. The summed E-state index contributed by atoms with van der Waals surface area (Å²) in [6.45, 7) is 11.8. The van der Waals surface area contributed by atoms with Crippen molar-refractivity contribution in [3.8, 4) is 16.9 Å². The summed E-state index contributed by atoms with van der Waals surface area (Å²) in [7, 11) is 1.64. The number of hydrogen-bond acceptors (Lipinski definition) is 9. The minimum atomic E-state index is -0.279. The first kappa shape index (κ1) is 38.0. The van der Waals surface area contributed by atoms with Crippen LogP contribution in [0.25, 0.3) is 22.2 Å². The summed E-state index contributed by atoms with van der Waals surface area (Å²) in [4.78, 5) is 34.6. The second-order valence-corrected chi connectivity index (χ2v) is 14.2. The van der Waals surface area contributed by atoms with Gasteiger partial charge in [0.25, 0.3) is 11.8 Å². The Morgan fingerprint density at radius 1 is 0.909 bits per heavy atom. The van der Waals surface area contributed by atoms with Crippen molar-refractivity contribution in [2.24, 2.45) is 0 Å². The molecule has 12 nitrogen and oxygen atoms in total. The summed E-state index contributed by atoms with van der Waals surface area (Å²) < 4.78 is 13.2. The number of carbonyl (C=O) groups is 2. The van der Waals surface area contributed by atoms with Gasteiger partial charge < -0.3 is 30.7 Å². The molecule has 2 fully saturated rings. The van der Waals surface area contributed by atoms with Crippen molar-refractivity contribution in [2.75, 3.05) is 51.8 Å². The fraction of sp³-hybridized carbons (Fsp3) is 0.395. The van der Waals surface area contributed by atoms with Gasteiger partial charge in [0.1, 0.15) is 5.75 Å². The van der Waals surface area contributed by atoms with Gasteiger partial charge in [0.05, 0.1) is 24.4 Å². The zero-order valence-electron chi connectivity index (χ0n) is 32.1. The van der Waals surface area contributed by atoms with Crippen LogP contribution in [0.4, 0.5) is 5.69 Å². The SMILES string of the molecule is CCc1nc2c(cnn2CC)c(NC2CCOCC2)c1CNC(=O)c1cccc(C(=O)NCc2cc(-c3cccc(CN4CCNCC4)c3)ccc2OC)c1. The number of methoxy groups -OCH3 is 1. The van der Waals surface area contributed by atoms with E-state index in [9.17, 15) is 9.59 Å². The highest BCUT2D eigenvalue weighted by atomic mass is 16.5. The monoisotopic (exact) mass is 744 g/mol. The zero-order chi connectivity index (χ0) is 38.1. The molecule has 0 spiro atoms. The van der Waals surface area contributed by atoms with Crippen molar-refractivity contribution in [2.45, 2.75) is 65.3 Å². The fourth-order valence-corrected chi connectivity index (χ4v) is 7.52. The predicted octanol–water partition coefficient (Wildman–Crippen LogP) is 5.55. The lowest BCUT2D eigenvalue weighted by Crippen LogP contribution is -2.42. The Bertz CT molecular complexity index is 2120. The van der Waals surface area contributed by atoms with Crippen LogP contribution in [0.15, 0.2) is 72.9 Å². The van der Waals surface area contributed by atoms with E-state index >= 15 is 0 Å². The Hall–Kier alpha value is -5.30. The first-order valence-corrected chi connectivity index (χ1v) is 19.5. The molecular formula is C43H52N8O4. The highest BCUT2D eigenvalue weighted by Crippen LogP contribution is 2.32. The topological polar surface area (TPSA) is 135 Å². The molecule has 2 saturated heterocycles. The summed E-state index contributed by atoms with van der Waals surface area (Å²) in [5.74, 6) is 0.145. The summed E-state index contributed by atoms with van der Waals surface area (Å²) >= 11 is 0. The zero-order valence-corrected chi connectivity index (χ0v) is 32.1.